The van der Waals surface area contributed by atoms with Crippen molar-refractivity contribution >= 4 is 11.7 Å². The third kappa shape index (κ3) is 1.33. The van der Waals surface area contributed by atoms with Crippen LogP contribution in [-0.4, -0.2) is 23.2 Å². The highest BCUT2D eigenvalue weighted by atomic mass is 16.3. The summed E-state index contributed by atoms with van der Waals surface area (Å²) in [5.41, 5.74) is 0.892. The molecule has 2 aliphatic rings. The van der Waals surface area contributed by atoms with Crippen LogP contribution in [0.1, 0.15) is 12.8 Å². The van der Waals surface area contributed by atoms with Gasteiger partial charge in [-0.3, -0.25) is 4.90 Å². The van der Waals surface area contributed by atoms with Crippen LogP contribution in [0.4, 0.5) is 10.5 Å². The molecule has 1 heterocycles. The largest absolute Gasteiger partial charge is 0.508 e. The Morgan fingerprint density at radius 1 is 1.27 bits per heavy atom. The van der Waals surface area contributed by atoms with E-state index in [1.807, 2.05) is 0 Å². The number of hydrogen-bond donors (Lipinski definition) is 2. The Balaban J connectivity index is 1.88. The number of nitrogens with one attached hydrogen (secondary N) is 1. The number of carbonyl (C=O) groups excluding carboxylic acids is 1. The van der Waals surface area contributed by atoms with Crippen LogP contribution in [0.25, 0.3) is 0 Å². The fourth-order valence-corrected chi connectivity index (χ4v) is 1.98. The minimum Gasteiger partial charge on any atom is -0.508 e. The third-order valence-electron chi connectivity index (χ3n) is 3.09. The molecule has 1 aromatic carbocycles. The van der Waals surface area contributed by atoms with Crippen molar-refractivity contribution in [1.82, 2.24) is 5.32 Å². The maximum atomic E-state index is 11.7. The Bertz CT molecular complexity index is 409. The summed E-state index contributed by atoms with van der Waals surface area (Å²) >= 11 is 0. The zero-order chi connectivity index (χ0) is 10.5. The van der Waals surface area contributed by atoms with Crippen molar-refractivity contribution < 1.29 is 9.90 Å². The van der Waals surface area contributed by atoms with Gasteiger partial charge in [0.25, 0.3) is 0 Å². The lowest BCUT2D eigenvalue weighted by molar-refractivity contribution is 0.250. The van der Waals surface area contributed by atoms with Gasteiger partial charge < -0.3 is 10.4 Å². The van der Waals surface area contributed by atoms with Crippen LogP contribution in [0, 0.1) is 0 Å². The van der Waals surface area contributed by atoms with Gasteiger partial charge in [-0.1, -0.05) is 0 Å². The minimum atomic E-state index is -0.0295. The van der Waals surface area contributed by atoms with Gasteiger partial charge in [0.2, 0.25) is 0 Å². The minimum absolute atomic E-state index is 0.0295. The Labute approximate surface area is 87.5 Å². The Morgan fingerprint density at radius 2 is 1.93 bits per heavy atom. The fourth-order valence-electron chi connectivity index (χ4n) is 1.98. The molecule has 0 bridgehead atoms. The maximum absolute atomic E-state index is 11.7. The van der Waals surface area contributed by atoms with Crippen LogP contribution in [0.5, 0.6) is 5.75 Å². The average Bonchev–Trinajstić information content (AvgIpc) is 2.87. The molecular formula is C11H12N2O2. The molecule has 4 heteroatoms. The highest BCUT2D eigenvalue weighted by Gasteiger charge is 2.51. The number of anilines is 1. The third-order valence-corrected chi connectivity index (χ3v) is 3.09. The number of benzene rings is 1. The van der Waals surface area contributed by atoms with Crippen molar-refractivity contribution in [2.24, 2.45) is 0 Å². The highest BCUT2D eigenvalue weighted by molar-refractivity contribution is 5.95. The molecule has 1 aliphatic heterocycles. The van der Waals surface area contributed by atoms with Gasteiger partial charge in [-0.25, -0.2) is 4.79 Å². The second-order valence-corrected chi connectivity index (χ2v) is 4.31. The summed E-state index contributed by atoms with van der Waals surface area (Å²) in [4.78, 5) is 13.4. The number of rotatable bonds is 1. The van der Waals surface area contributed by atoms with Gasteiger partial charge in [-0.05, 0) is 37.1 Å². The van der Waals surface area contributed by atoms with Gasteiger partial charge in [-0.15, -0.1) is 0 Å². The number of carbonyl (C=O) groups is 1. The normalized spacial score (nSPS) is 21.9. The van der Waals surface area contributed by atoms with Gasteiger partial charge in [0.1, 0.15) is 5.75 Å². The molecule has 2 N–H and O–H groups in total. The Kier molecular flexibility index (Phi) is 1.52. The molecule has 78 valence electrons. The smallest absolute Gasteiger partial charge is 0.322 e. The SMILES string of the molecule is O=C1NC2(CC2)CN1c1ccc(O)cc1. The molecule has 0 unspecified atom stereocenters. The molecule has 0 atom stereocenters. The highest BCUT2D eigenvalue weighted by Crippen LogP contribution is 2.41. The molecule has 1 saturated carbocycles. The molecule has 4 nitrogen and oxygen atoms in total. The molecule has 2 fully saturated rings. The summed E-state index contributed by atoms with van der Waals surface area (Å²) in [5.74, 6) is 0.222. The van der Waals surface area contributed by atoms with Gasteiger partial charge in [-0.2, -0.15) is 0 Å². The molecular weight excluding hydrogens is 192 g/mol. The van der Waals surface area contributed by atoms with Gasteiger partial charge in [0, 0.05) is 5.69 Å². The predicted octanol–water partition coefficient (Wildman–Crippen LogP) is 1.45. The number of phenolic OH excluding ortho intramolecular Hbond substituents is 1. The fraction of sp³-hybridized carbons (Fsp3) is 0.364. The van der Waals surface area contributed by atoms with E-state index < -0.39 is 0 Å². The number of hydrogen-bond acceptors (Lipinski definition) is 2. The van der Waals surface area contributed by atoms with Crippen molar-refractivity contribution in [2.45, 2.75) is 18.4 Å². The topological polar surface area (TPSA) is 52.6 Å². The Morgan fingerprint density at radius 3 is 2.47 bits per heavy atom. The lowest BCUT2D eigenvalue weighted by atomic mass is 10.2. The van der Waals surface area contributed by atoms with Gasteiger partial charge in [0.15, 0.2) is 0 Å². The van der Waals surface area contributed by atoms with E-state index in [1.165, 1.54) is 0 Å². The first-order valence-corrected chi connectivity index (χ1v) is 5.07. The van der Waals surface area contributed by atoms with Crippen molar-refractivity contribution in [3.63, 3.8) is 0 Å². The summed E-state index contributed by atoms with van der Waals surface area (Å²) in [5, 5.41) is 12.2. The van der Waals surface area contributed by atoms with E-state index in [9.17, 15) is 4.79 Å². The molecule has 15 heavy (non-hydrogen) atoms. The second-order valence-electron chi connectivity index (χ2n) is 4.31. The number of nitrogens with zero attached hydrogens (tertiary/aromatic N) is 1. The number of aromatic hydroxyl groups is 1. The van der Waals surface area contributed by atoms with Crippen molar-refractivity contribution in [2.75, 3.05) is 11.4 Å². The van der Waals surface area contributed by atoms with E-state index in [0.717, 1.165) is 25.1 Å². The molecule has 1 saturated heterocycles. The summed E-state index contributed by atoms with van der Waals surface area (Å²) in [7, 11) is 0. The van der Waals surface area contributed by atoms with E-state index >= 15 is 0 Å². The predicted molar refractivity (Wildman–Crippen MR) is 55.9 cm³/mol. The zero-order valence-electron chi connectivity index (χ0n) is 8.23. The molecule has 2 amide bonds. The quantitative estimate of drug-likeness (QED) is 0.727. The summed E-state index contributed by atoms with van der Waals surface area (Å²) in [6, 6.07) is 6.69. The Hall–Kier alpha value is -1.71. The van der Waals surface area contributed by atoms with Gasteiger partial charge in [0.05, 0.1) is 12.1 Å². The van der Waals surface area contributed by atoms with E-state index in [2.05, 4.69) is 5.32 Å². The average molecular weight is 204 g/mol. The lowest BCUT2D eigenvalue weighted by Gasteiger charge is -2.14. The molecule has 0 radical (unpaired) electrons. The number of phenols is 1. The summed E-state index contributed by atoms with van der Waals surface area (Å²) in [6.45, 7) is 0.747. The van der Waals surface area contributed by atoms with Crippen LogP contribution in [0.15, 0.2) is 24.3 Å². The van der Waals surface area contributed by atoms with Crippen LogP contribution in [-0.2, 0) is 0 Å². The first kappa shape index (κ1) is 8.59. The van der Waals surface area contributed by atoms with Crippen molar-refractivity contribution in [3.05, 3.63) is 24.3 Å². The van der Waals surface area contributed by atoms with Crippen molar-refractivity contribution in [1.29, 1.82) is 0 Å². The first-order valence-electron chi connectivity index (χ1n) is 5.07. The van der Waals surface area contributed by atoms with Crippen molar-refractivity contribution in [3.8, 4) is 5.75 Å². The van der Waals surface area contributed by atoms with E-state index in [0.29, 0.717) is 0 Å². The number of urea groups is 1. The monoisotopic (exact) mass is 204 g/mol. The summed E-state index contributed by atoms with van der Waals surface area (Å²) in [6.07, 6.45) is 2.15. The number of amides is 2. The van der Waals surface area contributed by atoms with Gasteiger partial charge >= 0.3 is 6.03 Å². The van der Waals surface area contributed by atoms with Crippen LogP contribution in [0.2, 0.25) is 0 Å². The molecule has 3 rings (SSSR count). The zero-order valence-corrected chi connectivity index (χ0v) is 8.23. The molecule has 1 aliphatic carbocycles. The van der Waals surface area contributed by atoms with E-state index in [-0.39, 0.29) is 17.3 Å². The molecule has 1 spiro atoms. The van der Waals surface area contributed by atoms with Crippen LogP contribution >= 0.6 is 0 Å². The maximum Gasteiger partial charge on any atom is 0.322 e. The molecule has 0 aromatic heterocycles. The van der Waals surface area contributed by atoms with Crippen LogP contribution in [0.3, 0.4) is 0 Å². The van der Waals surface area contributed by atoms with Crippen LogP contribution < -0.4 is 10.2 Å². The van der Waals surface area contributed by atoms with E-state index in [4.69, 9.17) is 5.11 Å². The summed E-state index contributed by atoms with van der Waals surface area (Å²) < 4.78 is 0. The van der Waals surface area contributed by atoms with E-state index in [1.54, 1.807) is 29.2 Å². The standard InChI is InChI=1S/C11H12N2O2/c14-9-3-1-8(2-4-9)13-7-11(5-6-11)12-10(13)15/h1-4,14H,5-7H2,(H,12,15). The second kappa shape index (κ2) is 2.66. The lowest BCUT2D eigenvalue weighted by Crippen LogP contribution is -2.29. The molecule has 1 aromatic rings. The first-order chi connectivity index (χ1) is 7.19.